The maximum absolute atomic E-state index is 12.5. The van der Waals surface area contributed by atoms with Crippen molar-refractivity contribution in [2.24, 2.45) is 0 Å². The number of imidazole rings is 1. The van der Waals surface area contributed by atoms with E-state index in [2.05, 4.69) is 25.3 Å². The normalized spacial score (nSPS) is 12.0. The van der Waals surface area contributed by atoms with Crippen molar-refractivity contribution in [1.29, 1.82) is 0 Å². The predicted molar refractivity (Wildman–Crippen MR) is 73.3 cm³/mol. The van der Waals surface area contributed by atoms with Gasteiger partial charge in [0.1, 0.15) is 10.4 Å². The Morgan fingerprint density at radius 1 is 1.29 bits per heavy atom. The molecule has 110 valence electrons. The molecule has 0 bridgehead atoms. The van der Waals surface area contributed by atoms with E-state index in [9.17, 15) is 13.2 Å². The van der Waals surface area contributed by atoms with Crippen LogP contribution < -0.4 is 5.32 Å². The van der Waals surface area contributed by atoms with E-state index in [0.29, 0.717) is 33.2 Å². The van der Waals surface area contributed by atoms with Gasteiger partial charge in [0.25, 0.3) is 0 Å². The van der Waals surface area contributed by atoms with Crippen molar-refractivity contribution in [2.45, 2.75) is 12.7 Å². The lowest BCUT2D eigenvalue weighted by atomic mass is 10.4. The summed E-state index contributed by atoms with van der Waals surface area (Å²) < 4.78 is 37.6. The van der Waals surface area contributed by atoms with Crippen LogP contribution in [0.15, 0.2) is 18.5 Å². The van der Waals surface area contributed by atoms with Crippen LogP contribution in [0.2, 0.25) is 5.28 Å². The number of hydrogen-bond acceptors (Lipinski definition) is 5. The fraction of sp³-hybridized carbons (Fsp3) is 0.182. The third kappa shape index (κ3) is 2.93. The third-order valence-corrected chi connectivity index (χ3v) is 3.93. The molecule has 3 aromatic heterocycles. The SMILES string of the molecule is FC(F)(F)c1ccc(CNc2nc(Cl)nc3nc[nH]c23)s1. The zero-order valence-electron chi connectivity index (χ0n) is 10.2. The number of alkyl halides is 3. The van der Waals surface area contributed by atoms with Crippen molar-refractivity contribution in [1.82, 2.24) is 19.9 Å². The van der Waals surface area contributed by atoms with Crippen LogP contribution in [0.25, 0.3) is 11.2 Å². The molecule has 3 rings (SSSR count). The van der Waals surface area contributed by atoms with Gasteiger partial charge in [-0.1, -0.05) is 0 Å². The fourth-order valence-electron chi connectivity index (χ4n) is 1.73. The Bertz CT molecular complexity index is 782. The molecule has 3 aromatic rings. The van der Waals surface area contributed by atoms with Gasteiger partial charge in [0.05, 0.1) is 12.9 Å². The van der Waals surface area contributed by atoms with Gasteiger partial charge in [-0.25, -0.2) is 4.98 Å². The minimum Gasteiger partial charge on any atom is -0.363 e. The van der Waals surface area contributed by atoms with Crippen LogP contribution in [0.3, 0.4) is 0 Å². The van der Waals surface area contributed by atoms with Gasteiger partial charge in [-0.3, -0.25) is 0 Å². The number of H-pyrrole nitrogens is 1. The first-order valence-corrected chi connectivity index (χ1v) is 6.89. The highest BCUT2D eigenvalue weighted by Gasteiger charge is 2.32. The van der Waals surface area contributed by atoms with Gasteiger partial charge in [0.15, 0.2) is 11.5 Å². The Morgan fingerprint density at radius 3 is 2.81 bits per heavy atom. The molecule has 2 N–H and O–H groups in total. The Hall–Kier alpha value is -1.87. The summed E-state index contributed by atoms with van der Waals surface area (Å²) in [5, 5.41) is 2.95. The molecule has 0 aliphatic carbocycles. The van der Waals surface area contributed by atoms with E-state index in [1.54, 1.807) is 0 Å². The maximum Gasteiger partial charge on any atom is 0.425 e. The van der Waals surface area contributed by atoms with Crippen molar-refractivity contribution >= 4 is 39.9 Å². The van der Waals surface area contributed by atoms with E-state index in [4.69, 9.17) is 11.6 Å². The highest BCUT2D eigenvalue weighted by molar-refractivity contribution is 7.12. The van der Waals surface area contributed by atoms with Crippen molar-refractivity contribution < 1.29 is 13.2 Å². The van der Waals surface area contributed by atoms with Gasteiger partial charge in [-0.2, -0.15) is 23.1 Å². The van der Waals surface area contributed by atoms with Crippen LogP contribution in [0.5, 0.6) is 0 Å². The van der Waals surface area contributed by atoms with Crippen LogP contribution >= 0.6 is 22.9 Å². The molecule has 10 heteroatoms. The van der Waals surface area contributed by atoms with Gasteiger partial charge in [-0.15, -0.1) is 11.3 Å². The first-order chi connectivity index (χ1) is 9.93. The molecule has 0 aliphatic rings. The van der Waals surface area contributed by atoms with Crippen LogP contribution in [-0.2, 0) is 12.7 Å². The van der Waals surface area contributed by atoms with Crippen LogP contribution in [-0.4, -0.2) is 19.9 Å². The summed E-state index contributed by atoms with van der Waals surface area (Å²) >= 11 is 6.45. The summed E-state index contributed by atoms with van der Waals surface area (Å²) in [6, 6.07) is 2.48. The zero-order valence-corrected chi connectivity index (χ0v) is 11.8. The summed E-state index contributed by atoms with van der Waals surface area (Å²) in [5.74, 6) is 0.393. The molecule has 0 unspecified atom stereocenters. The van der Waals surface area contributed by atoms with Crippen molar-refractivity contribution in [3.8, 4) is 0 Å². The van der Waals surface area contributed by atoms with E-state index in [1.165, 1.54) is 12.4 Å². The topological polar surface area (TPSA) is 66.5 Å². The average Bonchev–Trinajstić information content (AvgIpc) is 3.03. The van der Waals surface area contributed by atoms with E-state index in [0.717, 1.165) is 6.07 Å². The number of hydrogen-bond donors (Lipinski definition) is 2. The quantitative estimate of drug-likeness (QED) is 0.717. The maximum atomic E-state index is 12.5. The number of nitrogens with one attached hydrogen (secondary N) is 2. The van der Waals surface area contributed by atoms with Crippen LogP contribution in [0.1, 0.15) is 9.75 Å². The molecule has 5 nitrogen and oxygen atoms in total. The summed E-state index contributed by atoms with van der Waals surface area (Å²) in [4.78, 5) is 14.6. The number of fused-ring (bicyclic) bond motifs is 1. The predicted octanol–water partition coefficient (Wildman–Crippen LogP) is 3.70. The summed E-state index contributed by atoms with van der Waals surface area (Å²) in [6.45, 7) is 0.197. The number of halogens is 4. The van der Waals surface area contributed by atoms with E-state index < -0.39 is 11.1 Å². The molecule has 0 aliphatic heterocycles. The van der Waals surface area contributed by atoms with E-state index in [1.807, 2.05) is 0 Å². The lowest BCUT2D eigenvalue weighted by Gasteiger charge is -2.05. The molecule has 0 fully saturated rings. The molecule has 0 amide bonds. The fourth-order valence-corrected chi connectivity index (χ4v) is 2.71. The summed E-state index contributed by atoms with van der Waals surface area (Å²) in [6.07, 6.45) is -2.88. The van der Waals surface area contributed by atoms with Gasteiger partial charge in [0.2, 0.25) is 5.28 Å². The highest BCUT2D eigenvalue weighted by Crippen LogP contribution is 2.34. The Morgan fingerprint density at radius 2 is 2.10 bits per heavy atom. The molecular formula is C11H7ClF3N5S. The Labute approximate surface area is 125 Å². The molecule has 0 saturated carbocycles. The molecule has 0 atom stereocenters. The van der Waals surface area contributed by atoms with Gasteiger partial charge in [-0.05, 0) is 23.7 Å². The smallest absolute Gasteiger partial charge is 0.363 e. The zero-order chi connectivity index (χ0) is 15.0. The number of rotatable bonds is 3. The van der Waals surface area contributed by atoms with Crippen molar-refractivity contribution in [2.75, 3.05) is 5.32 Å². The molecule has 0 aromatic carbocycles. The average molecular weight is 334 g/mol. The lowest BCUT2D eigenvalue weighted by molar-refractivity contribution is -0.134. The molecular weight excluding hydrogens is 327 g/mol. The van der Waals surface area contributed by atoms with Crippen molar-refractivity contribution in [3.63, 3.8) is 0 Å². The van der Waals surface area contributed by atoms with Crippen LogP contribution in [0.4, 0.5) is 19.0 Å². The molecule has 0 spiro atoms. The monoisotopic (exact) mass is 333 g/mol. The first kappa shape index (κ1) is 14.1. The van der Waals surface area contributed by atoms with E-state index in [-0.39, 0.29) is 11.8 Å². The molecule has 0 saturated heterocycles. The second-order valence-electron chi connectivity index (χ2n) is 4.06. The van der Waals surface area contributed by atoms with Gasteiger partial charge < -0.3 is 10.3 Å². The number of nitrogens with zero attached hydrogens (tertiary/aromatic N) is 3. The molecule has 3 heterocycles. The second-order valence-corrected chi connectivity index (χ2v) is 5.57. The minimum atomic E-state index is -4.32. The second kappa shape index (κ2) is 5.15. The number of thiophene rings is 1. The largest absolute Gasteiger partial charge is 0.425 e. The summed E-state index contributed by atoms with van der Waals surface area (Å²) in [7, 11) is 0. The lowest BCUT2D eigenvalue weighted by Crippen LogP contribution is -2.02. The molecule has 21 heavy (non-hydrogen) atoms. The highest BCUT2D eigenvalue weighted by atomic mass is 35.5. The Balaban J connectivity index is 1.80. The van der Waals surface area contributed by atoms with Crippen molar-refractivity contribution in [3.05, 3.63) is 33.5 Å². The standard InChI is InChI=1S/C11H7ClF3N5S/c12-10-19-8(7-9(20-10)18-4-17-7)16-3-5-1-2-6(21-5)11(13,14)15/h1-2,4H,3H2,(H2,16,17,18,19,20). The number of anilines is 1. The van der Waals surface area contributed by atoms with Gasteiger partial charge >= 0.3 is 6.18 Å². The van der Waals surface area contributed by atoms with E-state index >= 15 is 0 Å². The first-order valence-electron chi connectivity index (χ1n) is 5.70. The number of aromatic nitrogens is 4. The number of aromatic amines is 1. The summed E-state index contributed by atoms with van der Waals surface area (Å²) in [5.41, 5.74) is 0.937. The molecule has 0 radical (unpaired) electrons. The van der Waals surface area contributed by atoms with Gasteiger partial charge in [0, 0.05) is 4.88 Å². The Kier molecular flexibility index (Phi) is 3.46. The minimum absolute atomic E-state index is 0.0132. The third-order valence-electron chi connectivity index (χ3n) is 2.63. The van der Waals surface area contributed by atoms with Crippen LogP contribution in [0, 0.1) is 0 Å².